The quantitative estimate of drug-likeness (QED) is 0.345. The zero-order valence-electron chi connectivity index (χ0n) is 16.9. The topological polar surface area (TPSA) is 112 Å². The van der Waals surface area contributed by atoms with E-state index in [1.165, 1.54) is 23.9 Å². The Bertz CT molecular complexity index is 1290. The second-order valence-electron chi connectivity index (χ2n) is 7.03. The molecule has 0 bridgehead atoms. The number of aromatic nitrogens is 5. The first kappa shape index (κ1) is 20.7. The van der Waals surface area contributed by atoms with Crippen LogP contribution >= 0.6 is 11.8 Å². The van der Waals surface area contributed by atoms with E-state index in [1.54, 1.807) is 22.8 Å². The molecule has 4 aromatic rings. The highest BCUT2D eigenvalue weighted by molar-refractivity contribution is 7.98. The number of nitrogens with two attached hydrogens (primary N) is 1. The first-order valence-corrected chi connectivity index (χ1v) is 10.6. The van der Waals surface area contributed by atoms with Crippen LogP contribution in [0.25, 0.3) is 10.9 Å². The minimum Gasteiger partial charge on any atom is -0.368 e. The largest absolute Gasteiger partial charge is 0.368 e. The smallest absolute Gasteiger partial charge is 0.262 e. The summed E-state index contributed by atoms with van der Waals surface area (Å²) in [6, 6.07) is 13.0. The number of anilines is 3. The van der Waals surface area contributed by atoms with Gasteiger partial charge in [0, 0.05) is 11.7 Å². The van der Waals surface area contributed by atoms with E-state index >= 15 is 0 Å². The highest BCUT2D eigenvalue weighted by atomic mass is 32.2. The van der Waals surface area contributed by atoms with Gasteiger partial charge < -0.3 is 11.1 Å². The van der Waals surface area contributed by atoms with Gasteiger partial charge >= 0.3 is 0 Å². The third-order valence-corrected chi connectivity index (χ3v) is 5.37. The Balaban J connectivity index is 1.61. The second kappa shape index (κ2) is 8.68. The zero-order chi connectivity index (χ0) is 22.0. The summed E-state index contributed by atoms with van der Waals surface area (Å²) in [6.07, 6.45) is 0. The van der Waals surface area contributed by atoms with Crippen LogP contribution in [0, 0.1) is 5.82 Å². The van der Waals surface area contributed by atoms with Gasteiger partial charge in [0.2, 0.25) is 11.9 Å². The van der Waals surface area contributed by atoms with Gasteiger partial charge in [0.05, 0.1) is 16.7 Å². The van der Waals surface area contributed by atoms with Crippen LogP contribution in [0.3, 0.4) is 0 Å². The van der Waals surface area contributed by atoms with Crippen molar-refractivity contribution in [1.82, 2.24) is 24.5 Å². The maximum absolute atomic E-state index is 13.1. The van der Waals surface area contributed by atoms with Crippen LogP contribution in [0.2, 0.25) is 0 Å². The number of halogens is 1. The minimum atomic E-state index is -0.336. The summed E-state index contributed by atoms with van der Waals surface area (Å²) in [4.78, 5) is 30.3. The van der Waals surface area contributed by atoms with Gasteiger partial charge in [0.1, 0.15) is 11.6 Å². The number of rotatable bonds is 6. The zero-order valence-corrected chi connectivity index (χ0v) is 17.7. The molecule has 0 aliphatic heterocycles. The molecule has 0 saturated carbocycles. The van der Waals surface area contributed by atoms with Crippen LogP contribution in [0.4, 0.5) is 22.0 Å². The van der Waals surface area contributed by atoms with Gasteiger partial charge in [-0.25, -0.2) is 9.37 Å². The molecule has 2 aromatic heterocycles. The van der Waals surface area contributed by atoms with E-state index in [9.17, 15) is 9.18 Å². The van der Waals surface area contributed by atoms with E-state index in [0.717, 1.165) is 0 Å². The Kier molecular flexibility index (Phi) is 5.81. The number of benzene rings is 2. The van der Waals surface area contributed by atoms with E-state index in [4.69, 9.17) is 5.73 Å². The van der Waals surface area contributed by atoms with Crippen molar-refractivity contribution < 1.29 is 4.39 Å². The molecular formula is C21H20FN7OS. The third-order valence-electron chi connectivity index (χ3n) is 4.42. The number of hydrogen-bond donors (Lipinski definition) is 2. The van der Waals surface area contributed by atoms with Gasteiger partial charge in [-0.05, 0) is 50.2 Å². The molecule has 4 rings (SSSR count). The molecule has 31 heavy (non-hydrogen) atoms. The lowest BCUT2D eigenvalue weighted by atomic mass is 10.2. The van der Waals surface area contributed by atoms with Crippen LogP contribution in [-0.2, 0) is 5.75 Å². The summed E-state index contributed by atoms with van der Waals surface area (Å²) in [5.41, 5.74) is 7.01. The minimum absolute atomic E-state index is 0.0583. The fourth-order valence-corrected chi connectivity index (χ4v) is 4.02. The molecule has 0 spiro atoms. The highest BCUT2D eigenvalue weighted by Crippen LogP contribution is 2.24. The molecule has 10 heteroatoms. The second-order valence-corrected chi connectivity index (χ2v) is 7.98. The van der Waals surface area contributed by atoms with Crippen molar-refractivity contribution in [3.05, 3.63) is 70.5 Å². The van der Waals surface area contributed by atoms with Crippen LogP contribution in [0.1, 0.15) is 25.7 Å². The third kappa shape index (κ3) is 4.64. The lowest BCUT2D eigenvalue weighted by molar-refractivity contribution is 0.519. The first-order chi connectivity index (χ1) is 14.9. The van der Waals surface area contributed by atoms with Crippen molar-refractivity contribution in [2.75, 3.05) is 11.1 Å². The lowest BCUT2D eigenvalue weighted by Gasteiger charge is -2.16. The Hall–Kier alpha value is -3.53. The molecular weight excluding hydrogens is 417 g/mol. The number of nitrogens with zero attached hydrogens (tertiary/aromatic N) is 5. The van der Waals surface area contributed by atoms with Gasteiger partial charge in [-0.3, -0.25) is 9.36 Å². The van der Waals surface area contributed by atoms with Crippen molar-refractivity contribution >= 4 is 40.2 Å². The Morgan fingerprint density at radius 2 is 1.81 bits per heavy atom. The van der Waals surface area contributed by atoms with Crippen LogP contribution < -0.4 is 16.6 Å². The van der Waals surface area contributed by atoms with E-state index in [-0.39, 0.29) is 29.3 Å². The number of hydrogen-bond acceptors (Lipinski definition) is 8. The molecule has 2 aromatic carbocycles. The molecule has 0 aliphatic rings. The maximum atomic E-state index is 13.1. The Labute approximate surface area is 181 Å². The fraction of sp³-hybridized carbons (Fsp3) is 0.190. The molecule has 0 fully saturated rings. The lowest BCUT2D eigenvalue weighted by Crippen LogP contribution is -2.25. The van der Waals surface area contributed by atoms with Crippen molar-refractivity contribution in [3.63, 3.8) is 0 Å². The Morgan fingerprint density at radius 3 is 2.55 bits per heavy atom. The molecule has 158 valence electrons. The van der Waals surface area contributed by atoms with Crippen LogP contribution in [0.15, 0.2) is 58.5 Å². The summed E-state index contributed by atoms with van der Waals surface area (Å²) < 4.78 is 14.8. The van der Waals surface area contributed by atoms with Gasteiger partial charge in [-0.15, -0.1) is 0 Å². The van der Waals surface area contributed by atoms with Gasteiger partial charge in [-0.1, -0.05) is 23.9 Å². The van der Waals surface area contributed by atoms with E-state index in [2.05, 4.69) is 25.3 Å². The fourth-order valence-electron chi connectivity index (χ4n) is 3.03. The Morgan fingerprint density at radius 1 is 1.06 bits per heavy atom. The predicted molar refractivity (Wildman–Crippen MR) is 120 cm³/mol. The molecule has 0 aliphatic carbocycles. The van der Waals surface area contributed by atoms with Gasteiger partial charge in [0.15, 0.2) is 5.16 Å². The maximum Gasteiger partial charge on any atom is 0.262 e. The SMILES string of the molecule is CC(C)n1c(SCc2nc(N)nc(Nc3ccc(F)cc3)n2)nc2ccccc2c1=O. The molecule has 3 N–H and O–H groups in total. The summed E-state index contributed by atoms with van der Waals surface area (Å²) in [5.74, 6) is 0.740. The molecule has 8 nitrogen and oxygen atoms in total. The normalized spacial score (nSPS) is 11.2. The summed E-state index contributed by atoms with van der Waals surface area (Å²) >= 11 is 1.35. The number of nitrogen functional groups attached to an aromatic ring is 1. The van der Waals surface area contributed by atoms with Crippen molar-refractivity contribution in [2.45, 2.75) is 30.8 Å². The summed E-state index contributed by atoms with van der Waals surface area (Å²) in [7, 11) is 0. The molecule has 0 unspecified atom stereocenters. The molecule has 2 heterocycles. The average molecular weight is 438 g/mol. The van der Waals surface area contributed by atoms with E-state index in [1.807, 2.05) is 32.0 Å². The molecule has 0 radical (unpaired) electrons. The molecule has 0 saturated heterocycles. The molecule has 0 amide bonds. The summed E-state index contributed by atoms with van der Waals surface area (Å²) in [5, 5.41) is 4.14. The number of nitrogens with one attached hydrogen (secondary N) is 1. The summed E-state index contributed by atoms with van der Waals surface area (Å²) in [6.45, 7) is 3.88. The van der Waals surface area contributed by atoms with E-state index in [0.29, 0.717) is 33.3 Å². The highest BCUT2D eigenvalue weighted by Gasteiger charge is 2.15. The van der Waals surface area contributed by atoms with Crippen molar-refractivity contribution in [1.29, 1.82) is 0 Å². The van der Waals surface area contributed by atoms with E-state index < -0.39 is 0 Å². The predicted octanol–water partition coefficient (Wildman–Crippen LogP) is 3.92. The van der Waals surface area contributed by atoms with Crippen LogP contribution in [-0.4, -0.2) is 24.5 Å². The number of para-hydroxylation sites is 1. The van der Waals surface area contributed by atoms with Crippen LogP contribution in [0.5, 0.6) is 0 Å². The average Bonchev–Trinajstić information content (AvgIpc) is 2.73. The van der Waals surface area contributed by atoms with Crippen molar-refractivity contribution in [3.8, 4) is 0 Å². The first-order valence-electron chi connectivity index (χ1n) is 9.58. The van der Waals surface area contributed by atoms with Gasteiger partial charge in [0.25, 0.3) is 5.56 Å². The standard InChI is InChI=1S/C21H20FN7OS/c1-12(2)29-18(30)15-5-3-4-6-16(15)25-21(29)31-11-17-26-19(23)28-20(27-17)24-14-9-7-13(22)8-10-14/h3-10,12H,11H2,1-2H3,(H3,23,24,26,27,28). The number of fused-ring (bicyclic) bond motifs is 1. The number of thioether (sulfide) groups is 1. The van der Waals surface area contributed by atoms with Gasteiger partial charge in [-0.2, -0.15) is 15.0 Å². The van der Waals surface area contributed by atoms with Crippen molar-refractivity contribution in [2.24, 2.45) is 0 Å². The monoisotopic (exact) mass is 437 g/mol. The molecule has 0 atom stereocenters.